The van der Waals surface area contributed by atoms with Crippen molar-refractivity contribution in [1.82, 2.24) is 0 Å². The van der Waals surface area contributed by atoms with Crippen molar-refractivity contribution in [1.29, 1.82) is 0 Å². The second kappa shape index (κ2) is 3.90. The molecular weight excluding hydrogens is 230 g/mol. The Balaban J connectivity index is 2.23. The molecule has 0 bridgehead atoms. The fraction of sp³-hybridized carbons (Fsp3) is 0.917. The summed E-state index contributed by atoms with van der Waals surface area (Å²) in [6.45, 7) is 1.79. The van der Waals surface area contributed by atoms with Gasteiger partial charge in [-0.3, -0.25) is 4.79 Å². The molecule has 17 heavy (non-hydrogen) atoms. The van der Waals surface area contributed by atoms with Crippen LogP contribution in [0.4, 0.5) is 8.78 Å². The van der Waals surface area contributed by atoms with Crippen molar-refractivity contribution in [2.45, 2.75) is 57.0 Å². The summed E-state index contributed by atoms with van der Waals surface area (Å²) in [5.41, 5.74) is -2.66. The lowest BCUT2D eigenvalue weighted by molar-refractivity contribution is -0.245. The highest BCUT2D eigenvalue weighted by Gasteiger charge is 2.70. The summed E-state index contributed by atoms with van der Waals surface area (Å²) in [6.07, 6.45) is 1.25. The van der Waals surface area contributed by atoms with Crippen LogP contribution in [0.15, 0.2) is 0 Å². The molecule has 0 spiro atoms. The topological polar surface area (TPSA) is 46.5 Å². The lowest BCUT2D eigenvalue weighted by Gasteiger charge is -2.52. The van der Waals surface area contributed by atoms with E-state index >= 15 is 0 Å². The van der Waals surface area contributed by atoms with Gasteiger partial charge in [-0.2, -0.15) is 0 Å². The standard InChI is InChI=1S/C12H18F2O3/c1-2-17-9(15)10(7-12(13,14)8-10)11(16)5-3-4-6-11/h16H,2-8H2,1H3. The van der Waals surface area contributed by atoms with Crippen molar-refractivity contribution >= 4 is 5.97 Å². The van der Waals surface area contributed by atoms with Crippen molar-refractivity contribution in [3.8, 4) is 0 Å². The zero-order chi connectivity index (χ0) is 12.7. The molecule has 0 unspecified atom stereocenters. The van der Waals surface area contributed by atoms with E-state index in [1.165, 1.54) is 0 Å². The van der Waals surface area contributed by atoms with Crippen LogP contribution in [-0.4, -0.2) is 29.2 Å². The lowest BCUT2D eigenvalue weighted by Crippen LogP contribution is -2.63. The number of ether oxygens (including phenoxy) is 1. The third-order valence-corrected chi connectivity index (χ3v) is 4.11. The molecule has 2 aliphatic carbocycles. The van der Waals surface area contributed by atoms with Crippen LogP contribution in [0.1, 0.15) is 45.4 Å². The molecule has 0 atom stereocenters. The normalized spacial score (nSPS) is 28.5. The van der Waals surface area contributed by atoms with E-state index in [0.29, 0.717) is 12.8 Å². The van der Waals surface area contributed by atoms with Crippen molar-refractivity contribution in [3.05, 3.63) is 0 Å². The van der Waals surface area contributed by atoms with Gasteiger partial charge < -0.3 is 9.84 Å². The molecule has 0 aromatic heterocycles. The highest BCUT2D eigenvalue weighted by atomic mass is 19.3. The van der Waals surface area contributed by atoms with Crippen LogP contribution in [0.5, 0.6) is 0 Å². The molecule has 1 N–H and O–H groups in total. The molecular formula is C12H18F2O3. The predicted molar refractivity (Wildman–Crippen MR) is 56.7 cm³/mol. The molecule has 0 radical (unpaired) electrons. The predicted octanol–water partition coefficient (Wildman–Crippen LogP) is 2.27. The zero-order valence-electron chi connectivity index (χ0n) is 9.97. The van der Waals surface area contributed by atoms with Gasteiger partial charge in [0.2, 0.25) is 0 Å². The van der Waals surface area contributed by atoms with E-state index in [1.54, 1.807) is 6.92 Å². The average molecular weight is 248 g/mol. The number of rotatable bonds is 3. The largest absolute Gasteiger partial charge is 0.465 e. The number of hydrogen-bond donors (Lipinski definition) is 1. The second-order valence-corrected chi connectivity index (χ2v) is 5.25. The fourth-order valence-corrected chi connectivity index (χ4v) is 3.20. The molecule has 5 heteroatoms. The number of esters is 1. The molecule has 0 aliphatic heterocycles. The van der Waals surface area contributed by atoms with Gasteiger partial charge in [0, 0.05) is 12.8 Å². The number of carbonyl (C=O) groups excluding carboxylic acids is 1. The van der Waals surface area contributed by atoms with Gasteiger partial charge in [-0.1, -0.05) is 12.8 Å². The molecule has 2 rings (SSSR count). The van der Waals surface area contributed by atoms with Crippen molar-refractivity contribution in [2.24, 2.45) is 5.41 Å². The van der Waals surface area contributed by atoms with Crippen molar-refractivity contribution < 1.29 is 23.4 Å². The Morgan fingerprint density at radius 3 is 2.24 bits per heavy atom. The highest BCUT2D eigenvalue weighted by molar-refractivity contribution is 5.80. The van der Waals surface area contributed by atoms with Gasteiger partial charge in [-0.15, -0.1) is 0 Å². The maximum absolute atomic E-state index is 13.1. The minimum atomic E-state index is -2.84. The van der Waals surface area contributed by atoms with Gasteiger partial charge in [-0.25, -0.2) is 8.78 Å². The summed E-state index contributed by atoms with van der Waals surface area (Å²) in [6, 6.07) is 0. The van der Waals surface area contributed by atoms with E-state index in [-0.39, 0.29) is 6.61 Å². The summed E-state index contributed by atoms with van der Waals surface area (Å²) in [7, 11) is 0. The van der Waals surface area contributed by atoms with Crippen LogP contribution in [0.25, 0.3) is 0 Å². The Morgan fingerprint density at radius 2 is 1.82 bits per heavy atom. The minimum Gasteiger partial charge on any atom is -0.465 e. The molecule has 2 fully saturated rings. The Hall–Kier alpha value is -0.710. The maximum Gasteiger partial charge on any atom is 0.315 e. The molecule has 3 nitrogen and oxygen atoms in total. The minimum absolute atomic E-state index is 0.155. The smallest absolute Gasteiger partial charge is 0.315 e. The zero-order valence-corrected chi connectivity index (χ0v) is 9.97. The Morgan fingerprint density at radius 1 is 1.29 bits per heavy atom. The summed E-state index contributed by atoms with van der Waals surface area (Å²) >= 11 is 0. The van der Waals surface area contributed by atoms with E-state index in [2.05, 4.69) is 0 Å². The summed E-state index contributed by atoms with van der Waals surface area (Å²) in [4.78, 5) is 11.9. The number of halogens is 2. The first-order chi connectivity index (χ1) is 7.85. The SMILES string of the molecule is CCOC(=O)C1(C2(O)CCCC2)CC(F)(F)C1. The van der Waals surface area contributed by atoms with E-state index in [9.17, 15) is 18.7 Å². The van der Waals surface area contributed by atoms with E-state index < -0.39 is 35.7 Å². The third-order valence-electron chi connectivity index (χ3n) is 4.11. The second-order valence-electron chi connectivity index (χ2n) is 5.25. The Kier molecular flexibility index (Phi) is 2.92. The van der Waals surface area contributed by atoms with Gasteiger partial charge in [0.05, 0.1) is 12.2 Å². The maximum atomic E-state index is 13.1. The van der Waals surface area contributed by atoms with E-state index in [4.69, 9.17) is 4.74 Å². The summed E-state index contributed by atoms with van der Waals surface area (Å²) in [5.74, 6) is -3.50. The average Bonchev–Trinajstić information content (AvgIpc) is 2.62. The quantitative estimate of drug-likeness (QED) is 0.779. The molecule has 98 valence electrons. The highest BCUT2D eigenvalue weighted by Crippen LogP contribution is 2.62. The van der Waals surface area contributed by atoms with Crippen LogP contribution in [0.3, 0.4) is 0 Å². The molecule has 0 aromatic rings. The monoisotopic (exact) mass is 248 g/mol. The van der Waals surface area contributed by atoms with Crippen LogP contribution in [0, 0.1) is 5.41 Å². The molecule has 0 heterocycles. The first-order valence-electron chi connectivity index (χ1n) is 6.13. The molecule has 0 saturated heterocycles. The number of hydrogen-bond acceptors (Lipinski definition) is 3. The summed E-state index contributed by atoms with van der Waals surface area (Å²) < 4.78 is 31.2. The van der Waals surface area contributed by atoms with Crippen molar-refractivity contribution in [2.75, 3.05) is 6.61 Å². The van der Waals surface area contributed by atoms with Gasteiger partial charge in [0.15, 0.2) is 0 Å². The number of alkyl halides is 2. The molecule has 2 saturated carbocycles. The van der Waals surface area contributed by atoms with E-state index in [1.807, 2.05) is 0 Å². The number of aliphatic hydroxyl groups is 1. The third kappa shape index (κ3) is 1.84. The number of carbonyl (C=O) groups is 1. The van der Waals surface area contributed by atoms with Gasteiger partial charge in [0.25, 0.3) is 5.92 Å². The van der Waals surface area contributed by atoms with Crippen LogP contribution < -0.4 is 0 Å². The van der Waals surface area contributed by atoms with Gasteiger partial charge in [0.1, 0.15) is 5.41 Å². The van der Waals surface area contributed by atoms with Crippen LogP contribution >= 0.6 is 0 Å². The fourth-order valence-electron chi connectivity index (χ4n) is 3.20. The van der Waals surface area contributed by atoms with Crippen LogP contribution in [-0.2, 0) is 9.53 Å². The molecule has 0 amide bonds. The lowest BCUT2D eigenvalue weighted by atomic mass is 9.56. The first-order valence-corrected chi connectivity index (χ1v) is 6.13. The van der Waals surface area contributed by atoms with Gasteiger partial charge in [-0.05, 0) is 19.8 Å². The summed E-state index contributed by atoms with van der Waals surface area (Å²) in [5, 5.41) is 10.5. The first kappa shape index (κ1) is 12.7. The molecule has 2 aliphatic rings. The van der Waals surface area contributed by atoms with Crippen LogP contribution in [0.2, 0.25) is 0 Å². The van der Waals surface area contributed by atoms with Crippen molar-refractivity contribution in [3.63, 3.8) is 0 Å². The molecule has 0 aromatic carbocycles. The van der Waals surface area contributed by atoms with Gasteiger partial charge >= 0.3 is 5.97 Å². The Labute approximate surface area is 99.1 Å². The Bertz CT molecular complexity index is 314. The van der Waals surface area contributed by atoms with E-state index in [0.717, 1.165) is 12.8 Å².